The minimum atomic E-state index is -0.330. The minimum absolute atomic E-state index is 0.0564. The number of ether oxygens (including phenoxy) is 1. The van der Waals surface area contributed by atoms with Crippen LogP contribution in [-0.2, 0) is 17.6 Å². The lowest BCUT2D eigenvalue weighted by atomic mass is 10.0. The summed E-state index contributed by atoms with van der Waals surface area (Å²) >= 11 is 1.81. The van der Waals surface area contributed by atoms with Crippen molar-refractivity contribution in [1.82, 2.24) is 0 Å². The van der Waals surface area contributed by atoms with E-state index in [4.69, 9.17) is 4.74 Å². The Hall–Kier alpha value is -0.380. The lowest BCUT2D eigenvalue weighted by Crippen LogP contribution is -2.33. The van der Waals surface area contributed by atoms with E-state index < -0.39 is 0 Å². The first-order chi connectivity index (χ1) is 7.79. The second-order valence-corrected chi connectivity index (χ2v) is 5.65. The van der Waals surface area contributed by atoms with Crippen LogP contribution in [0.4, 0.5) is 0 Å². The van der Waals surface area contributed by atoms with Gasteiger partial charge >= 0.3 is 0 Å². The zero-order valence-corrected chi connectivity index (χ0v) is 10.6. The third-order valence-corrected chi connectivity index (χ3v) is 4.37. The summed E-state index contributed by atoms with van der Waals surface area (Å²) in [5, 5.41) is 10.1. The predicted molar refractivity (Wildman–Crippen MR) is 67.0 cm³/mol. The Kier molecular flexibility index (Phi) is 4.38. The molecule has 2 heterocycles. The summed E-state index contributed by atoms with van der Waals surface area (Å²) in [7, 11) is 0. The maximum absolute atomic E-state index is 10.1. The summed E-state index contributed by atoms with van der Waals surface area (Å²) in [5.74, 6) is 0. The molecule has 1 aliphatic rings. The standard InChI is InChI=1S/C13H20O2S/c1-2-10-6-7-11(16-10)9-12(14)13-5-3-4-8-15-13/h6-7,12-14H,2-5,8-9H2,1H3. The molecule has 0 aromatic carbocycles. The number of rotatable bonds is 4. The van der Waals surface area contributed by atoms with Gasteiger partial charge in [-0.25, -0.2) is 0 Å². The van der Waals surface area contributed by atoms with Gasteiger partial charge in [0.2, 0.25) is 0 Å². The van der Waals surface area contributed by atoms with Crippen molar-refractivity contribution in [3.63, 3.8) is 0 Å². The van der Waals surface area contributed by atoms with Crippen molar-refractivity contribution >= 4 is 11.3 Å². The molecule has 0 amide bonds. The molecule has 2 atom stereocenters. The van der Waals surface area contributed by atoms with E-state index >= 15 is 0 Å². The van der Waals surface area contributed by atoms with E-state index in [0.29, 0.717) is 0 Å². The molecule has 1 saturated heterocycles. The van der Waals surface area contributed by atoms with Crippen molar-refractivity contribution < 1.29 is 9.84 Å². The van der Waals surface area contributed by atoms with Crippen LogP contribution in [0.5, 0.6) is 0 Å². The van der Waals surface area contributed by atoms with Crippen LogP contribution in [0.2, 0.25) is 0 Å². The summed E-state index contributed by atoms with van der Waals surface area (Å²) < 4.78 is 5.60. The largest absolute Gasteiger partial charge is 0.390 e. The number of hydrogen-bond donors (Lipinski definition) is 1. The van der Waals surface area contributed by atoms with Crippen molar-refractivity contribution in [3.8, 4) is 0 Å². The molecule has 2 nitrogen and oxygen atoms in total. The topological polar surface area (TPSA) is 29.5 Å². The number of hydrogen-bond acceptors (Lipinski definition) is 3. The van der Waals surface area contributed by atoms with Gasteiger partial charge in [0.25, 0.3) is 0 Å². The fourth-order valence-corrected chi connectivity index (χ4v) is 3.14. The molecule has 1 aromatic heterocycles. The van der Waals surface area contributed by atoms with Crippen molar-refractivity contribution in [2.24, 2.45) is 0 Å². The maximum Gasteiger partial charge on any atom is 0.0849 e. The lowest BCUT2D eigenvalue weighted by Gasteiger charge is -2.26. The highest BCUT2D eigenvalue weighted by Gasteiger charge is 2.23. The second-order valence-electron chi connectivity index (χ2n) is 4.40. The average molecular weight is 240 g/mol. The first-order valence-corrected chi connectivity index (χ1v) is 6.98. The van der Waals surface area contributed by atoms with Crippen molar-refractivity contribution in [2.75, 3.05) is 6.61 Å². The molecule has 90 valence electrons. The Bertz CT molecular complexity index is 315. The van der Waals surface area contributed by atoms with Crippen LogP contribution in [0.25, 0.3) is 0 Å². The Morgan fingerprint density at radius 2 is 2.25 bits per heavy atom. The van der Waals surface area contributed by atoms with Crippen molar-refractivity contribution in [1.29, 1.82) is 0 Å². The molecule has 1 fully saturated rings. The molecule has 0 aliphatic carbocycles. The first-order valence-electron chi connectivity index (χ1n) is 6.17. The van der Waals surface area contributed by atoms with Gasteiger partial charge in [0, 0.05) is 22.8 Å². The average Bonchev–Trinajstić information content (AvgIpc) is 2.78. The zero-order chi connectivity index (χ0) is 11.4. The monoisotopic (exact) mass is 240 g/mol. The number of aliphatic hydroxyl groups is 1. The zero-order valence-electron chi connectivity index (χ0n) is 9.82. The molecule has 0 radical (unpaired) electrons. The Balaban J connectivity index is 1.87. The van der Waals surface area contributed by atoms with Gasteiger partial charge in [0.15, 0.2) is 0 Å². The molecule has 0 saturated carbocycles. The normalized spacial score (nSPS) is 23.2. The summed E-state index contributed by atoms with van der Waals surface area (Å²) in [6.45, 7) is 2.97. The summed E-state index contributed by atoms with van der Waals surface area (Å²) in [6.07, 6.45) is 4.89. The number of aryl methyl sites for hydroxylation is 1. The fourth-order valence-electron chi connectivity index (χ4n) is 2.13. The maximum atomic E-state index is 10.1. The summed E-state index contributed by atoms with van der Waals surface area (Å²) in [6, 6.07) is 4.30. The quantitative estimate of drug-likeness (QED) is 0.877. The Morgan fingerprint density at radius 1 is 1.44 bits per heavy atom. The molecule has 2 rings (SSSR count). The van der Waals surface area contributed by atoms with Gasteiger partial charge in [-0.2, -0.15) is 0 Å². The molecule has 0 bridgehead atoms. The van der Waals surface area contributed by atoms with Crippen LogP contribution < -0.4 is 0 Å². The molecule has 0 spiro atoms. The third kappa shape index (κ3) is 3.06. The second kappa shape index (κ2) is 5.80. The van der Waals surface area contributed by atoms with E-state index in [9.17, 15) is 5.11 Å². The molecule has 1 N–H and O–H groups in total. The van der Waals surface area contributed by atoms with Crippen LogP contribution in [0, 0.1) is 0 Å². The first kappa shape index (κ1) is 12.1. The summed E-state index contributed by atoms with van der Waals surface area (Å²) in [4.78, 5) is 2.67. The van der Waals surface area contributed by atoms with Gasteiger partial charge in [-0.3, -0.25) is 0 Å². The van der Waals surface area contributed by atoms with Crippen molar-refractivity contribution in [3.05, 3.63) is 21.9 Å². The van der Waals surface area contributed by atoms with Crippen LogP contribution in [-0.4, -0.2) is 23.9 Å². The van der Waals surface area contributed by atoms with Gasteiger partial charge in [-0.05, 0) is 37.8 Å². The minimum Gasteiger partial charge on any atom is -0.390 e. The number of thiophene rings is 1. The van der Waals surface area contributed by atoms with E-state index in [1.165, 1.54) is 16.2 Å². The van der Waals surface area contributed by atoms with Gasteiger partial charge in [-0.15, -0.1) is 11.3 Å². The highest BCUT2D eigenvalue weighted by Crippen LogP contribution is 2.22. The van der Waals surface area contributed by atoms with E-state index in [2.05, 4.69) is 19.1 Å². The Morgan fingerprint density at radius 3 is 2.88 bits per heavy atom. The molecular weight excluding hydrogens is 220 g/mol. The van der Waals surface area contributed by atoms with Gasteiger partial charge in [0.1, 0.15) is 0 Å². The van der Waals surface area contributed by atoms with Crippen LogP contribution in [0.15, 0.2) is 12.1 Å². The smallest absolute Gasteiger partial charge is 0.0849 e. The van der Waals surface area contributed by atoms with Crippen LogP contribution in [0.3, 0.4) is 0 Å². The fraction of sp³-hybridized carbons (Fsp3) is 0.692. The molecule has 1 aromatic rings. The van der Waals surface area contributed by atoms with Crippen LogP contribution >= 0.6 is 11.3 Å². The number of aliphatic hydroxyl groups excluding tert-OH is 1. The molecule has 1 aliphatic heterocycles. The van der Waals surface area contributed by atoms with Crippen molar-refractivity contribution in [2.45, 2.75) is 51.2 Å². The molecule has 2 unspecified atom stereocenters. The predicted octanol–water partition coefficient (Wildman–Crippen LogP) is 2.78. The Labute approximate surface area is 101 Å². The van der Waals surface area contributed by atoms with Gasteiger partial charge < -0.3 is 9.84 Å². The third-order valence-electron chi connectivity index (χ3n) is 3.12. The van der Waals surface area contributed by atoms with Gasteiger partial charge in [-0.1, -0.05) is 6.92 Å². The van der Waals surface area contributed by atoms with Gasteiger partial charge in [0.05, 0.1) is 12.2 Å². The summed E-state index contributed by atoms with van der Waals surface area (Å²) in [5.41, 5.74) is 0. The highest BCUT2D eigenvalue weighted by molar-refractivity contribution is 7.11. The van der Waals surface area contributed by atoms with E-state index in [0.717, 1.165) is 32.3 Å². The lowest BCUT2D eigenvalue weighted by molar-refractivity contribution is -0.0608. The highest BCUT2D eigenvalue weighted by atomic mass is 32.1. The van der Waals surface area contributed by atoms with Crippen LogP contribution in [0.1, 0.15) is 35.9 Å². The molecule has 16 heavy (non-hydrogen) atoms. The van der Waals surface area contributed by atoms with E-state index in [1.807, 2.05) is 11.3 Å². The molecule has 3 heteroatoms. The molecular formula is C13H20O2S. The van der Waals surface area contributed by atoms with E-state index in [1.54, 1.807) is 0 Å². The van der Waals surface area contributed by atoms with E-state index in [-0.39, 0.29) is 12.2 Å². The SMILES string of the molecule is CCc1ccc(CC(O)C2CCCCO2)s1.